The number of aromatic nitrogens is 3. The zero-order chi connectivity index (χ0) is 46.9. The average molecular weight is 917 g/mol. The molecule has 0 spiro atoms. The van der Waals surface area contributed by atoms with Crippen LogP contribution in [0.2, 0.25) is 0 Å². The van der Waals surface area contributed by atoms with Crippen LogP contribution in [0.4, 0.5) is 11.4 Å². The molecule has 0 bridgehead atoms. The summed E-state index contributed by atoms with van der Waals surface area (Å²) in [5.41, 5.74) is 8.48. The van der Waals surface area contributed by atoms with Gasteiger partial charge in [0, 0.05) is 61.3 Å². The standard InChI is InChI=1S/C50H60N8O9/c1-32-8-15-43(48(60)52-32)58-49(61)39-6-5-7-40(47(39)50(58)62)51-19-23-64-27-29-66-28-26-63-22-18-45(59)53-38-13-9-36(10-14-38)11-17-44-54-41-30-37(46-34(3)55-67-35(46)4)12-16-42(41)57(44)31-33(2)56-20-24-65-25-21-56/h5-7,9-10,12-14,16,30,33,43,51H,1,8,11,15,17-29,31H2,2-4H3,(H,52,60)(H,53,59). The number of nitrogens with one attached hydrogen (secondary N) is 3. The summed E-state index contributed by atoms with van der Waals surface area (Å²) in [6.45, 7) is 16.5. The summed E-state index contributed by atoms with van der Waals surface area (Å²) in [5, 5.41) is 13.0. The average Bonchev–Trinajstić information content (AvgIpc) is 3.94. The molecule has 2 unspecified atom stereocenters. The summed E-state index contributed by atoms with van der Waals surface area (Å²) in [6, 6.07) is 18.9. The number of piperidine rings is 1. The molecule has 2 aromatic heterocycles. The van der Waals surface area contributed by atoms with Crippen molar-refractivity contribution in [2.75, 3.05) is 83.1 Å². The predicted octanol–water partition coefficient (Wildman–Crippen LogP) is 5.69. The summed E-state index contributed by atoms with van der Waals surface area (Å²) in [7, 11) is 0. The van der Waals surface area contributed by atoms with Gasteiger partial charge in [-0.25, -0.2) is 4.98 Å². The molecular weight excluding hydrogens is 857 g/mol. The molecule has 8 rings (SSSR count). The lowest BCUT2D eigenvalue weighted by atomic mass is 10.0. The van der Waals surface area contributed by atoms with Gasteiger partial charge in [0.15, 0.2) is 0 Å². The van der Waals surface area contributed by atoms with Crippen LogP contribution in [0.1, 0.15) is 69.7 Å². The highest BCUT2D eigenvalue weighted by atomic mass is 16.5. The lowest BCUT2D eigenvalue weighted by Crippen LogP contribution is -2.51. The van der Waals surface area contributed by atoms with Gasteiger partial charge in [0.25, 0.3) is 11.8 Å². The van der Waals surface area contributed by atoms with Gasteiger partial charge in [-0.05, 0) is 87.6 Å². The Balaban J connectivity index is 0.714. The van der Waals surface area contributed by atoms with Crippen LogP contribution in [-0.4, -0.2) is 133 Å². The number of amides is 4. The molecule has 3 aromatic carbocycles. The predicted molar refractivity (Wildman–Crippen MR) is 252 cm³/mol. The minimum absolute atomic E-state index is 0.133. The van der Waals surface area contributed by atoms with E-state index in [0.717, 1.165) is 101 Å². The summed E-state index contributed by atoms with van der Waals surface area (Å²) >= 11 is 0. The van der Waals surface area contributed by atoms with E-state index in [1.165, 1.54) is 0 Å². The highest BCUT2D eigenvalue weighted by molar-refractivity contribution is 6.25. The van der Waals surface area contributed by atoms with Crippen molar-refractivity contribution in [1.82, 2.24) is 29.8 Å². The zero-order valence-electron chi connectivity index (χ0n) is 38.6. The number of hydrogen-bond acceptors (Lipinski definition) is 13. The first-order valence-electron chi connectivity index (χ1n) is 23.2. The number of ether oxygens (including phenoxy) is 4. The van der Waals surface area contributed by atoms with E-state index in [-0.39, 0.29) is 30.1 Å². The van der Waals surface area contributed by atoms with Gasteiger partial charge in [-0.1, -0.05) is 36.0 Å². The Labute approximate surface area is 390 Å². The van der Waals surface area contributed by atoms with Crippen molar-refractivity contribution in [3.8, 4) is 11.1 Å². The number of nitrogens with zero attached hydrogens (tertiary/aromatic N) is 5. The van der Waals surface area contributed by atoms with Crippen LogP contribution in [0, 0.1) is 13.8 Å². The summed E-state index contributed by atoms with van der Waals surface area (Å²) in [6.07, 6.45) is 2.61. The van der Waals surface area contributed by atoms with E-state index in [4.69, 9.17) is 28.5 Å². The molecule has 2 saturated heterocycles. The van der Waals surface area contributed by atoms with Crippen LogP contribution < -0.4 is 16.0 Å². The molecule has 0 saturated carbocycles. The molecule has 17 nitrogen and oxygen atoms in total. The largest absolute Gasteiger partial charge is 0.382 e. The van der Waals surface area contributed by atoms with Crippen LogP contribution in [0.25, 0.3) is 22.2 Å². The van der Waals surface area contributed by atoms with Gasteiger partial charge in [-0.3, -0.25) is 29.0 Å². The molecule has 0 aliphatic carbocycles. The van der Waals surface area contributed by atoms with Crippen LogP contribution in [0.5, 0.6) is 0 Å². The fourth-order valence-electron chi connectivity index (χ4n) is 8.96. The minimum atomic E-state index is -0.866. The van der Waals surface area contributed by atoms with E-state index in [0.29, 0.717) is 69.8 Å². The van der Waals surface area contributed by atoms with E-state index >= 15 is 0 Å². The molecule has 2 fully saturated rings. The second kappa shape index (κ2) is 22.0. The summed E-state index contributed by atoms with van der Waals surface area (Å²) in [5.74, 6) is 0.328. The van der Waals surface area contributed by atoms with Crippen LogP contribution in [0.15, 0.2) is 77.5 Å². The van der Waals surface area contributed by atoms with E-state index in [1.807, 2.05) is 26.0 Å². The fourth-order valence-corrected chi connectivity index (χ4v) is 8.96. The van der Waals surface area contributed by atoms with Crippen molar-refractivity contribution in [1.29, 1.82) is 0 Å². The van der Waals surface area contributed by atoms with Gasteiger partial charge in [0.05, 0.1) is 87.1 Å². The highest BCUT2D eigenvalue weighted by Gasteiger charge is 2.45. The van der Waals surface area contributed by atoms with E-state index < -0.39 is 23.8 Å². The molecule has 3 N–H and O–H groups in total. The smallest absolute Gasteiger partial charge is 0.264 e. The maximum atomic E-state index is 13.3. The van der Waals surface area contributed by atoms with Gasteiger partial charge in [0.2, 0.25) is 11.8 Å². The van der Waals surface area contributed by atoms with Crippen LogP contribution in [0.3, 0.4) is 0 Å². The molecule has 67 heavy (non-hydrogen) atoms. The van der Waals surface area contributed by atoms with Gasteiger partial charge < -0.3 is 44.0 Å². The number of hydrogen-bond donors (Lipinski definition) is 3. The lowest BCUT2D eigenvalue weighted by Gasteiger charge is -2.32. The van der Waals surface area contributed by atoms with Crippen LogP contribution in [-0.2, 0) is 47.9 Å². The maximum absolute atomic E-state index is 13.3. The Bertz CT molecular complexity index is 2560. The Kier molecular flexibility index (Phi) is 15.5. The van der Waals surface area contributed by atoms with Gasteiger partial charge in [0.1, 0.15) is 17.6 Å². The first-order valence-corrected chi connectivity index (χ1v) is 23.2. The Hall–Kier alpha value is -6.24. The van der Waals surface area contributed by atoms with E-state index in [2.05, 4.69) is 74.4 Å². The monoisotopic (exact) mass is 916 g/mol. The zero-order valence-corrected chi connectivity index (χ0v) is 38.6. The third-order valence-electron chi connectivity index (χ3n) is 12.5. The number of rotatable bonds is 22. The Morgan fingerprint density at radius 2 is 1.66 bits per heavy atom. The molecular formula is C50H60N8O9. The van der Waals surface area contributed by atoms with E-state index in [9.17, 15) is 19.2 Å². The molecule has 4 amide bonds. The van der Waals surface area contributed by atoms with Crippen LogP contribution >= 0.6 is 0 Å². The number of aryl methyl sites for hydroxylation is 4. The number of benzene rings is 3. The number of carbonyl (C=O) groups is 4. The highest BCUT2D eigenvalue weighted by Crippen LogP contribution is 2.33. The Morgan fingerprint density at radius 3 is 2.39 bits per heavy atom. The molecule has 5 aromatic rings. The number of carbonyl (C=O) groups excluding carboxylic acids is 4. The number of fused-ring (bicyclic) bond motifs is 2. The van der Waals surface area contributed by atoms with Crippen molar-refractivity contribution in [2.45, 2.75) is 71.5 Å². The third kappa shape index (κ3) is 11.3. The fraction of sp³-hybridized carbons (Fsp3) is 0.440. The molecule has 2 atom stereocenters. The second-order valence-corrected chi connectivity index (χ2v) is 17.2. The molecule has 354 valence electrons. The number of morpholine rings is 1. The number of imide groups is 1. The normalized spacial score (nSPS) is 17.0. The summed E-state index contributed by atoms with van der Waals surface area (Å²) < 4.78 is 30.3. The lowest BCUT2D eigenvalue weighted by molar-refractivity contribution is -0.125. The van der Waals surface area contributed by atoms with Crippen molar-refractivity contribution in [3.05, 3.63) is 107 Å². The van der Waals surface area contributed by atoms with Crippen molar-refractivity contribution in [2.24, 2.45) is 0 Å². The first kappa shape index (κ1) is 47.3. The molecule has 3 aliphatic heterocycles. The Morgan fingerprint density at radius 1 is 0.910 bits per heavy atom. The van der Waals surface area contributed by atoms with Crippen molar-refractivity contribution in [3.63, 3.8) is 0 Å². The van der Waals surface area contributed by atoms with Gasteiger partial charge >= 0.3 is 0 Å². The van der Waals surface area contributed by atoms with Crippen molar-refractivity contribution >= 4 is 46.0 Å². The van der Waals surface area contributed by atoms with E-state index in [1.54, 1.807) is 18.2 Å². The number of anilines is 2. The number of allylic oxidation sites excluding steroid dienone is 1. The SMILES string of the molecule is C=C1CCC(N2C(=O)c3cccc(NCCOCCOCCOCCC(=O)Nc4ccc(CCc5nc6cc(-c7c(C)noc7C)ccc6n5CC(C)N5CCOCC5)cc4)c3C2=O)C(=O)N1. The maximum Gasteiger partial charge on any atom is 0.264 e. The first-order chi connectivity index (χ1) is 32.5. The quantitative estimate of drug-likeness (QED) is 0.0567. The third-order valence-corrected chi connectivity index (χ3v) is 12.5. The van der Waals surface area contributed by atoms with Gasteiger partial charge in [-0.15, -0.1) is 0 Å². The molecule has 17 heteroatoms. The molecule has 0 radical (unpaired) electrons. The topological polar surface area (TPSA) is 192 Å². The second-order valence-electron chi connectivity index (χ2n) is 17.2. The minimum Gasteiger partial charge on any atom is -0.382 e. The van der Waals surface area contributed by atoms with Gasteiger partial charge in [-0.2, -0.15) is 0 Å². The molecule has 5 heterocycles. The van der Waals surface area contributed by atoms with Crippen molar-refractivity contribution < 1.29 is 42.6 Å². The molecule has 3 aliphatic rings. The summed E-state index contributed by atoms with van der Waals surface area (Å²) in [4.78, 5) is 60.4. The number of imidazole rings is 1.